The Morgan fingerprint density at radius 1 is 1.29 bits per heavy atom. The number of ether oxygens (including phenoxy) is 1. The van der Waals surface area contributed by atoms with Crippen molar-refractivity contribution in [2.45, 2.75) is 25.3 Å². The Bertz CT molecular complexity index is 561. The summed E-state index contributed by atoms with van der Waals surface area (Å²) in [6.07, 6.45) is 3.54. The lowest BCUT2D eigenvalue weighted by molar-refractivity contribution is 0.0666. The number of fused-ring (bicyclic) bond motifs is 1. The number of carbonyl (C=O) groups excluding carboxylic acids is 1. The molecule has 1 aromatic rings. The minimum Gasteiger partial charge on any atom is -0.491 e. The van der Waals surface area contributed by atoms with Crippen LogP contribution in [0.2, 0.25) is 0 Å². The van der Waals surface area contributed by atoms with E-state index in [-0.39, 0.29) is 5.91 Å². The predicted molar refractivity (Wildman–Crippen MR) is 95.5 cm³/mol. The quantitative estimate of drug-likeness (QED) is 0.894. The summed E-state index contributed by atoms with van der Waals surface area (Å²) in [5, 5.41) is 3.46. The van der Waals surface area contributed by atoms with Gasteiger partial charge in [0, 0.05) is 32.2 Å². The van der Waals surface area contributed by atoms with Crippen molar-refractivity contribution in [2.75, 3.05) is 46.9 Å². The lowest BCUT2D eigenvalue weighted by Crippen LogP contribution is -2.44. The number of hydrogen-bond donors (Lipinski definition) is 1. The van der Waals surface area contributed by atoms with E-state index in [9.17, 15) is 4.79 Å². The molecule has 5 heteroatoms. The monoisotopic (exact) mass is 331 g/mol. The van der Waals surface area contributed by atoms with Crippen molar-refractivity contribution in [3.05, 3.63) is 29.8 Å². The van der Waals surface area contributed by atoms with Crippen molar-refractivity contribution >= 4 is 5.91 Å². The zero-order chi connectivity index (χ0) is 16.9. The van der Waals surface area contributed by atoms with E-state index in [0.29, 0.717) is 29.9 Å². The molecule has 2 fully saturated rings. The summed E-state index contributed by atoms with van der Waals surface area (Å²) in [6.45, 7) is 4.23. The van der Waals surface area contributed by atoms with Crippen LogP contribution in [0.1, 0.15) is 29.6 Å². The predicted octanol–water partition coefficient (Wildman–Crippen LogP) is 1.84. The number of rotatable bonds is 5. The second-order valence-corrected chi connectivity index (χ2v) is 7.13. The molecule has 2 aliphatic rings. The van der Waals surface area contributed by atoms with E-state index >= 15 is 0 Å². The molecular formula is C19H29N3O2. The topological polar surface area (TPSA) is 44.8 Å². The third kappa shape index (κ3) is 3.90. The minimum atomic E-state index is 0.121. The highest BCUT2D eigenvalue weighted by atomic mass is 16.5. The lowest BCUT2D eigenvalue weighted by Gasteiger charge is -2.30. The fraction of sp³-hybridized carbons (Fsp3) is 0.632. The highest BCUT2D eigenvalue weighted by molar-refractivity contribution is 5.97. The first kappa shape index (κ1) is 17.2. The zero-order valence-electron chi connectivity index (χ0n) is 14.8. The van der Waals surface area contributed by atoms with Gasteiger partial charge in [0.25, 0.3) is 5.91 Å². The maximum Gasteiger partial charge on any atom is 0.257 e. The van der Waals surface area contributed by atoms with E-state index in [0.717, 1.165) is 32.6 Å². The Labute approximate surface area is 145 Å². The molecule has 24 heavy (non-hydrogen) atoms. The van der Waals surface area contributed by atoms with Gasteiger partial charge < -0.3 is 19.9 Å². The number of likely N-dealkylation sites (N-methyl/N-ethyl adjacent to an activating group) is 1. The standard InChI is InChI=1S/C19H29N3O2/c1-21(2)11-12-24-18-9-4-3-8-16(18)19(23)22-10-6-5-7-15-13-20-14-17(15)22/h3-4,8-9,15,17,20H,5-7,10-14H2,1-2H3. The molecule has 1 N–H and O–H groups in total. The summed E-state index contributed by atoms with van der Waals surface area (Å²) in [5.41, 5.74) is 0.698. The van der Waals surface area contributed by atoms with Gasteiger partial charge in [0.15, 0.2) is 0 Å². The van der Waals surface area contributed by atoms with Crippen LogP contribution in [0.5, 0.6) is 5.75 Å². The molecule has 2 heterocycles. The average molecular weight is 331 g/mol. The summed E-state index contributed by atoms with van der Waals surface area (Å²) in [6, 6.07) is 7.99. The van der Waals surface area contributed by atoms with Crippen LogP contribution in [-0.4, -0.2) is 68.6 Å². The molecule has 0 bridgehead atoms. The van der Waals surface area contributed by atoms with Crippen LogP contribution in [0.15, 0.2) is 24.3 Å². The van der Waals surface area contributed by atoms with Crippen LogP contribution < -0.4 is 10.1 Å². The van der Waals surface area contributed by atoms with Crippen LogP contribution >= 0.6 is 0 Å². The van der Waals surface area contributed by atoms with Gasteiger partial charge in [-0.25, -0.2) is 0 Å². The molecule has 2 saturated heterocycles. The molecule has 2 atom stereocenters. The van der Waals surface area contributed by atoms with Gasteiger partial charge in [-0.3, -0.25) is 4.79 Å². The van der Waals surface area contributed by atoms with E-state index < -0.39 is 0 Å². The van der Waals surface area contributed by atoms with Crippen LogP contribution in [0.4, 0.5) is 0 Å². The molecule has 1 aromatic carbocycles. The van der Waals surface area contributed by atoms with Gasteiger partial charge in [0.1, 0.15) is 12.4 Å². The molecule has 3 rings (SSSR count). The van der Waals surface area contributed by atoms with Crippen LogP contribution in [0, 0.1) is 5.92 Å². The van der Waals surface area contributed by atoms with Crippen molar-refractivity contribution in [1.82, 2.24) is 15.1 Å². The van der Waals surface area contributed by atoms with Gasteiger partial charge in [0.05, 0.1) is 5.56 Å². The Kier molecular flexibility index (Phi) is 5.74. The molecule has 0 saturated carbocycles. The SMILES string of the molecule is CN(C)CCOc1ccccc1C(=O)N1CCCCC2CNCC21. The summed E-state index contributed by atoms with van der Waals surface area (Å²) in [5.74, 6) is 1.42. The van der Waals surface area contributed by atoms with Crippen molar-refractivity contribution in [3.8, 4) is 5.75 Å². The minimum absolute atomic E-state index is 0.121. The van der Waals surface area contributed by atoms with Crippen LogP contribution in [-0.2, 0) is 0 Å². The molecular weight excluding hydrogens is 302 g/mol. The first-order chi connectivity index (χ1) is 11.7. The number of benzene rings is 1. The van der Waals surface area contributed by atoms with Gasteiger partial charge in [-0.05, 0) is 45.0 Å². The highest BCUT2D eigenvalue weighted by Crippen LogP contribution is 2.29. The molecule has 132 valence electrons. The van der Waals surface area contributed by atoms with Gasteiger partial charge in [0.2, 0.25) is 0 Å². The van der Waals surface area contributed by atoms with Crippen LogP contribution in [0.3, 0.4) is 0 Å². The van der Waals surface area contributed by atoms with Crippen molar-refractivity contribution < 1.29 is 9.53 Å². The zero-order valence-corrected chi connectivity index (χ0v) is 14.8. The smallest absolute Gasteiger partial charge is 0.257 e. The maximum absolute atomic E-state index is 13.2. The number of para-hydroxylation sites is 1. The fourth-order valence-electron chi connectivity index (χ4n) is 3.75. The molecule has 0 aliphatic carbocycles. The molecule has 5 nitrogen and oxygen atoms in total. The van der Waals surface area contributed by atoms with Crippen molar-refractivity contribution in [3.63, 3.8) is 0 Å². The first-order valence-electron chi connectivity index (χ1n) is 9.05. The molecule has 2 unspecified atom stereocenters. The second kappa shape index (κ2) is 7.99. The Morgan fingerprint density at radius 3 is 2.96 bits per heavy atom. The molecule has 1 amide bonds. The summed E-state index contributed by atoms with van der Waals surface area (Å²) < 4.78 is 5.90. The van der Waals surface area contributed by atoms with Crippen LogP contribution in [0.25, 0.3) is 0 Å². The Hall–Kier alpha value is -1.59. The van der Waals surface area contributed by atoms with E-state index in [2.05, 4.69) is 15.1 Å². The molecule has 0 radical (unpaired) electrons. The van der Waals surface area contributed by atoms with E-state index in [1.54, 1.807) is 0 Å². The fourth-order valence-corrected chi connectivity index (χ4v) is 3.75. The number of nitrogens with one attached hydrogen (secondary N) is 1. The van der Waals surface area contributed by atoms with Crippen molar-refractivity contribution in [1.29, 1.82) is 0 Å². The van der Waals surface area contributed by atoms with Gasteiger partial charge in [-0.1, -0.05) is 18.6 Å². The van der Waals surface area contributed by atoms with Gasteiger partial charge in [-0.15, -0.1) is 0 Å². The van der Waals surface area contributed by atoms with Gasteiger partial charge in [-0.2, -0.15) is 0 Å². The Morgan fingerprint density at radius 2 is 2.12 bits per heavy atom. The number of carbonyl (C=O) groups is 1. The van der Waals surface area contributed by atoms with E-state index in [1.165, 1.54) is 12.8 Å². The van der Waals surface area contributed by atoms with E-state index in [1.807, 2.05) is 38.4 Å². The molecule has 0 spiro atoms. The maximum atomic E-state index is 13.2. The molecule has 2 aliphatic heterocycles. The van der Waals surface area contributed by atoms with Crippen molar-refractivity contribution in [2.24, 2.45) is 5.92 Å². The number of nitrogens with zero attached hydrogens (tertiary/aromatic N) is 2. The summed E-state index contributed by atoms with van der Waals surface area (Å²) in [4.78, 5) is 17.4. The molecule has 0 aromatic heterocycles. The highest BCUT2D eigenvalue weighted by Gasteiger charge is 2.36. The first-order valence-corrected chi connectivity index (χ1v) is 9.05. The summed E-state index contributed by atoms with van der Waals surface area (Å²) in [7, 11) is 4.04. The number of likely N-dealkylation sites (tertiary alicyclic amines) is 1. The largest absolute Gasteiger partial charge is 0.491 e. The average Bonchev–Trinajstić information content (AvgIpc) is 2.94. The van der Waals surface area contributed by atoms with Gasteiger partial charge >= 0.3 is 0 Å². The third-order valence-corrected chi connectivity index (χ3v) is 5.10. The van der Waals surface area contributed by atoms with E-state index in [4.69, 9.17) is 4.74 Å². The Balaban J connectivity index is 1.76. The lowest BCUT2D eigenvalue weighted by atomic mass is 9.98. The normalized spacial score (nSPS) is 23.9. The summed E-state index contributed by atoms with van der Waals surface area (Å²) >= 11 is 0. The number of amides is 1. The number of hydrogen-bond acceptors (Lipinski definition) is 4. The third-order valence-electron chi connectivity index (χ3n) is 5.10. The second-order valence-electron chi connectivity index (χ2n) is 7.13.